The van der Waals surface area contributed by atoms with E-state index >= 15 is 0 Å². The molecular weight excluding hydrogens is 206 g/mol. The first-order valence-corrected chi connectivity index (χ1v) is 6.94. The Kier molecular flexibility index (Phi) is 4.22. The normalized spacial score (nSPS) is 26.8. The second-order valence-corrected chi connectivity index (χ2v) is 5.71. The fourth-order valence-electron chi connectivity index (χ4n) is 3.32. The smallest absolute Gasteiger partial charge is 0.0346 e. The highest BCUT2D eigenvalue weighted by atomic mass is 14.9. The average molecular weight is 231 g/mol. The molecule has 1 nitrogen and oxygen atoms in total. The maximum atomic E-state index is 3.54. The maximum absolute atomic E-state index is 3.54. The van der Waals surface area contributed by atoms with Crippen LogP contribution in [0.1, 0.15) is 49.8 Å². The van der Waals surface area contributed by atoms with E-state index in [0.717, 1.165) is 11.8 Å². The maximum Gasteiger partial charge on any atom is 0.0346 e. The molecule has 1 fully saturated rings. The van der Waals surface area contributed by atoms with E-state index in [4.69, 9.17) is 0 Å². The molecule has 0 aliphatic heterocycles. The second-order valence-electron chi connectivity index (χ2n) is 5.71. The lowest BCUT2D eigenvalue weighted by Gasteiger charge is -2.33. The van der Waals surface area contributed by atoms with Crippen LogP contribution in [-0.4, -0.2) is 7.05 Å². The van der Waals surface area contributed by atoms with Crippen molar-refractivity contribution >= 4 is 0 Å². The summed E-state index contributed by atoms with van der Waals surface area (Å²) in [7, 11) is 2.10. The molecule has 1 aliphatic rings. The third kappa shape index (κ3) is 3.10. The number of rotatable bonds is 3. The summed E-state index contributed by atoms with van der Waals surface area (Å²) in [5, 5.41) is 3.54. The summed E-state index contributed by atoms with van der Waals surface area (Å²) in [6.07, 6.45) is 5.57. The fourth-order valence-corrected chi connectivity index (χ4v) is 3.32. The molecule has 2 rings (SSSR count). The van der Waals surface area contributed by atoms with Gasteiger partial charge in [-0.2, -0.15) is 0 Å². The summed E-state index contributed by atoms with van der Waals surface area (Å²) in [4.78, 5) is 0. The highest BCUT2D eigenvalue weighted by molar-refractivity contribution is 5.25. The fraction of sp³-hybridized carbons (Fsp3) is 0.625. The Labute approximate surface area is 106 Å². The van der Waals surface area contributed by atoms with Crippen molar-refractivity contribution in [3.63, 3.8) is 0 Å². The molecule has 0 aromatic heterocycles. The molecule has 0 spiro atoms. The van der Waals surface area contributed by atoms with Crippen molar-refractivity contribution in [2.75, 3.05) is 7.05 Å². The van der Waals surface area contributed by atoms with Crippen molar-refractivity contribution in [3.05, 3.63) is 35.4 Å². The van der Waals surface area contributed by atoms with E-state index in [2.05, 4.69) is 50.5 Å². The summed E-state index contributed by atoms with van der Waals surface area (Å²) < 4.78 is 0. The third-order valence-corrected chi connectivity index (χ3v) is 4.16. The van der Waals surface area contributed by atoms with E-state index in [1.165, 1.54) is 36.8 Å². The molecule has 0 saturated heterocycles. The molecule has 1 aliphatic carbocycles. The monoisotopic (exact) mass is 231 g/mol. The second kappa shape index (κ2) is 5.68. The minimum Gasteiger partial charge on any atom is -0.313 e. The summed E-state index contributed by atoms with van der Waals surface area (Å²) in [5.41, 5.74) is 2.83. The topological polar surface area (TPSA) is 12.0 Å². The lowest BCUT2D eigenvalue weighted by atomic mass is 9.76. The molecule has 17 heavy (non-hydrogen) atoms. The van der Waals surface area contributed by atoms with E-state index in [0.29, 0.717) is 6.04 Å². The first-order chi connectivity index (χ1) is 8.20. The van der Waals surface area contributed by atoms with Crippen LogP contribution in [0.15, 0.2) is 24.3 Å². The molecule has 1 heteroatoms. The van der Waals surface area contributed by atoms with E-state index < -0.39 is 0 Å². The first-order valence-electron chi connectivity index (χ1n) is 6.94. The van der Waals surface area contributed by atoms with E-state index in [1.54, 1.807) is 0 Å². The summed E-state index contributed by atoms with van der Waals surface area (Å²) in [6.45, 7) is 4.58. The van der Waals surface area contributed by atoms with Gasteiger partial charge in [-0.3, -0.25) is 0 Å². The highest BCUT2D eigenvalue weighted by Crippen LogP contribution is 2.36. The van der Waals surface area contributed by atoms with Gasteiger partial charge in [-0.05, 0) is 44.2 Å². The highest BCUT2D eigenvalue weighted by Gasteiger charge is 2.26. The molecule has 1 N–H and O–H groups in total. The van der Waals surface area contributed by atoms with Crippen LogP contribution in [0.25, 0.3) is 0 Å². The minimum atomic E-state index is 0.539. The van der Waals surface area contributed by atoms with Gasteiger partial charge >= 0.3 is 0 Å². The Balaban J connectivity index is 2.15. The quantitative estimate of drug-likeness (QED) is 0.826. The van der Waals surface area contributed by atoms with Crippen molar-refractivity contribution < 1.29 is 0 Å². The van der Waals surface area contributed by atoms with Crippen molar-refractivity contribution in [2.24, 2.45) is 11.8 Å². The van der Waals surface area contributed by atoms with Crippen molar-refractivity contribution in [3.8, 4) is 0 Å². The number of hydrogen-bond acceptors (Lipinski definition) is 1. The van der Waals surface area contributed by atoms with Crippen molar-refractivity contribution in [2.45, 2.75) is 45.6 Å². The van der Waals surface area contributed by atoms with Crippen molar-refractivity contribution in [1.82, 2.24) is 5.32 Å². The van der Waals surface area contributed by atoms with Crippen LogP contribution in [-0.2, 0) is 0 Å². The summed E-state index contributed by atoms with van der Waals surface area (Å²) in [6, 6.07) is 9.51. The van der Waals surface area contributed by atoms with Crippen LogP contribution in [0.2, 0.25) is 0 Å². The molecule has 0 radical (unpaired) electrons. The van der Waals surface area contributed by atoms with Gasteiger partial charge in [0.1, 0.15) is 0 Å². The number of nitrogens with one attached hydrogen (secondary N) is 1. The zero-order valence-corrected chi connectivity index (χ0v) is 11.4. The standard InChI is InChI=1S/C16H25N/c1-12-6-4-8-14(10-12)16(17-3)15-9-5-7-13(2)11-15/h4,6,8,10,13,15-17H,5,7,9,11H2,1-3H3. The average Bonchev–Trinajstić information content (AvgIpc) is 2.30. The summed E-state index contributed by atoms with van der Waals surface area (Å²) >= 11 is 0. The van der Waals surface area contributed by atoms with Crippen molar-refractivity contribution in [1.29, 1.82) is 0 Å². The van der Waals surface area contributed by atoms with Gasteiger partial charge in [0, 0.05) is 6.04 Å². The molecule has 1 aromatic carbocycles. The predicted octanol–water partition coefficient (Wildman–Crippen LogP) is 4.08. The molecule has 0 bridgehead atoms. The number of hydrogen-bond donors (Lipinski definition) is 1. The van der Waals surface area contributed by atoms with Gasteiger partial charge in [0.15, 0.2) is 0 Å². The van der Waals surface area contributed by atoms with Crippen LogP contribution in [0, 0.1) is 18.8 Å². The van der Waals surface area contributed by atoms with Gasteiger partial charge in [-0.25, -0.2) is 0 Å². The van der Waals surface area contributed by atoms with E-state index in [-0.39, 0.29) is 0 Å². The Morgan fingerprint density at radius 1 is 1.29 bits per heavy atom. The van der Waals surface area contributed by atoms with E-state index in [1.807, 2.05) is 0 Å². The van der Waals surface area contributed by atoms with Crippen LogP contribution < -0.4 is 5.32 Å². The van der Waals surface area contributed by atoms with Gasteiger partial charge in [0.05, 0.1) is 0 Å². The van der Waals surface area contributed by atoms with Crippen LogP contribution in [0.3, 0.4) is 0 Å². The van der Waals surface area contributed by atoms with Gasteiger partial charge in [0.25, 0.3) is 0 Å². The van der Waals surface area contributed by atoms with Crippen LogP contribution in [0.4, 0.5) is 0 Å². The lowest BCUT2D eigenvalue weighted by molar-refractivity contribution is 0.230. The largest absolute Gasteiger partial charge is 0.313 e. The van der Waals surface area contributed by atoms with Gasteiger partial charge in [-0.1, -0.05) is 49.6 Å². The predicted molar refractivity (Wildman–Crippen MR) is 74.1 cm³/mol. The lowest BCUT2D eigenvalue weighted by Crippen LogP contribution is -2.29. The SMILES string of the molecule is CNC(c1cccc(C)c1)C1CCCC(C)C1. The minimum absolute atomic E-state index is 0.539. The zero-order valence-electron chi connectivity index (χ0n) is 11.4. The molecule has 0 heterocycles. The molecule has 94 valence electrons. The van der Waals surface area contributed by atoms with E-state index in [9.17, 15) is 0 Å². The Morgan fingerprint density at radius 3 is 2.76 bits per heavy atom. The van der Waals surface area contributed by atoms with Gasteiger partial charge in [0.2, 0.25) is 0 Å². The molecule has 1 aromatic rings. The molecule has 0 amide bonds. The summed E-state index contributed by atoms with van der Waals surface area (Å²) in [5.74, 6) is 1.71. The Bertz CT molecular complexity index is 358. The first kappa shape index (κ1) is 12.6. The van der Waals surface area contributed by atoms with Gasteiger partial charge in [-0.15, -0.1) is 0 Å². The molecule has 1 saturated carbocycles. The molecular formula is C16H25N. The molecule has 3 atom stereocenters. The van der Waals surface area contributed by atoms with Crippen LogP contribution in [0.5, 0.6) is 0 Å². The Morgan fingerprint density at radius 2 is 2.12 bits per heavy atom. The van der Waals surface area contributed by atoms with Gasteiger partial charge < -0.3 is 5.32 Å². The Hall–Kier alpha value is -0.820. The molecule has 3 unspecified atom stereocenters. The zero-order chi connectivity index (χ0) is 12.3. The third-order valence-electron chi connectivity index (χ3n) is 4.16. The van der Waals surface area contributed by atoms with Crippen LogP contribution >= 0.6 is 0 Å². The number of aryl methyl sites for hydroxylation is 1. The number of benzene rings is 1.